The first-order valence-corrected chi connectivity index (χ1v) is 5.74. The summed E-state index contributed by atoms with van der Waals surface area (Å²) in [7, 11) is 1.89. The molecule has 2 N–H and O–H groups in total. The van der Waals surface area contributed by atoms with Gasteiger partial charge in [0, 0.05) is 18.2 Å². The third-order valence-electron chi connectivity index (χ3n) is 2.23. The Bertz CT molecular complexity index is 146. The van der Waals surface area contributed by atoms with Crippen molar-refractivity contribution in [3.05, 3.63) is 4.91 Å². The smallest absolute Gasteiger partial charge is 0.0866 e. The first-order chi connectivity index (χ1) is 6.79. The summed E-state index contributed by atoms with van der Waals surface area (Å²) in [6, 6.07) is 0. The summed E-state index contributed by atoms with van der Waals surface area (Å²) < 4.78 is 0. The second-order valence-electron chi connectivity index (χ2n) is 3.30. The van der Waals surface area contributed by atoms with E-state index in [0.717, 1.165) is 25.1 Å². The number of nitrogens with zero attached hydrogens (tertiary/aromatic N) is 1. The van der Waals surface area contributed by atoms with Crippen molar-refractivity contribution in [1.82, 2.24) is 10.6 Å². The van der Waals surface area contributed by atoms with Gasteiger partial charge in [0.15, 0.2) is 0 Å². The highest BCUT2D eigenvalue weighted by molar-refractivity contribution is 7.80. The monoisotopic (exact) mass is 219 g/mol. The van der Waals surface area contributed by atoms with Crippen molar-refractivity contribution in [2.45, 2.75) is 25.9 Å². The molecule has 14 heavy (non-hydrogen) atoms. The number of nitroso groups, excluding NO2 is 1. The van der Waals surface area contributed by atoms with E-state index < -0.39 is 0 Å². The molecule has 0 spiro atoms. The van der Waals surface area contributed by atoms with Crippen LogP contribution < -0.4 is 10.6 Å². The third-order valence-corrected chi connectivity index (χ3v) is 2.45. The first kappa shape index (κ1) is 13.9. The average molecular weight is 219 g/mol. The highest BCUT2D eigenvalue weighted by atomic mass is 32.1. The van der Waals surface area contributed by atoms with Gasteiger partial charge in [0.2, 0.25) is 0 Å². The minimum absolute atomic E-state index is 0.166. The maximum Gasteiger partial charge on any atom is 0.0866 e. The Hall–Kier alpha value is -0.130. The molecule has 0 radical (unpaired) electrons. The van der Waals surface area contributed by atoms with E-state index >= 15 is 0 Å². The zero-order valence-electron chi connectivity index (χ0n) is 8.99. The van der Waals surface area contributed by atoms with E-state index in [4.69, 9.17) is 0 Å². The van der Waals surface area contributed by atoms with Crippen molar-refractivity contribution < 1.29 is 0 Å². The molecule has 0 amide bonds. The maximum absolute atomic E-state index is 10.3. The van der Waals surface area contributed by atoms with Crippen molar-refractivity contribution in [2.75, 3.05) is 25.9 Å². The van der Waals surface area contributed by atoms with E-state index in [-0.39, 0.29) is 12.1 Å². The summed E-state index contributed by atoms with van der Waals surface area (Å²) in [5, 5.41) is 9.45. The zero-order chi connectivity index (χ0) is 10.8. The van der Waals surface area contributed by atoms with Gasteiger partial charge in [-0.1, -0.05) is 18.5 Å². The van der Waals surface area contributed by atoms with Gasteiger partial charge in [-0.2, -0.15) is 17.5 Å². The molecule has 0 fully saturated rings. The predicted molar refractivity (Wildman–Crippen MR) is 63.8 cm³/mol. The quantitative estimate of drug-likeness (QED) is 0.311. The zero-order valence-corrected chi connectivity index (χ0v) is 9.89. The lowest BCUT2D eigenvalue weighted by atomic mass is 10.0. The lowest BCUT2D eigenvalue weighted by molar-refractivity contribution is 0.308. The van der Waals surface area contributed by atoms with Gasteiger partial charge in [-0.25, -0.2) is 0 Å². The summed E-state index contributed by atoms with van der Waals surface area (Å²) in [5.74, 6) is 1.08. The highest BCUT2D eigenvalue weighted by Gasteiger charge is 2.18. The largest absolute Gasteiger partial charge is 0.305 e. The molecule has 0 saturated heterocycles. The maximum atomic E-state index is 10.3. The Morgan fingerprint density at radius 2 is 2.21 bits per heavy atom. The standard InChI is InChI=1S/C9H21N3OS/c1-3-4-8(7-12-13)9(10-2)11-5-6-14/h8-11,14H,3-7H2,1-2H3. The van der Waals surface area contributed by atoms with Crippen molar-refractivity contribution in [3.63, 3.8) is 0 Å². The van der Waals surface area contributed by atoms with Crippen LogP contribution in [0.3, 0.4) is 0 Å². The van der Waals surface area contributed by atoms with E-state index in [0.29, 0.717) is 6.54 Å². The second kappa shape index (κ2) is 9.43. The van der Waals surface area contributed by atoms with Crippen LogP contribution in [0.5, 0.6) is 0 Å². The lowest BCUT2D eigenvalue weighted by Gasteiger charge is -2.25. The van der Waals surface area contributed by atoms with Crippen LogP contribution in [0.1, 0.15) is 19.8 Å². The molecule has 84 valence electrons. The lowest BCUT2D eigenvalue weighted by Crippen LogP contribution is -2.47. The Kier molecular flexibility index (Phi) is 9.34. The number of nitrogens with one attached hydrogen (secondary N) is 2. The Morgan fingerprint density at radius 3 is 2.64 bits per heavy atom. The molecule has 2 atom stereocenters. The molecular weight excluding hydrogens is 198 g/mol. The molecule has 0 rings (SSSR count). The van der Waals surface area contributed by atoms with Crippen LogP contribution in [0.25, 0.3) is 0 Å². The van der Waals surface area contributed by atoms with Gasteiger partial charge in [0.1, 0.15) is 0 Å². The Balaban J connectivity index is 4.02. The molecule has 5 heteroatoms. The van der Waals surface area contributed by atoms with E-state index in [1.54, 1.807) is 0 Å². The number of hydrogen-bond acceptors (Lipinski definition) is 5. The summed E-state index contributed by atoms with van der Waals surface area (Å²) >= 11 is 4.13. The molecule has 0 aromatic carbocycles. The summed E-state index contributed by atoms with van der Waals surface area (Å²) in [6.07, 6.45) is 2.25. The summed E-state index contributed by atoms with van der Waals surface area (Å²) in [4.78, 5) is 10.3. The van der Waals surface area contributed by atoms with Crippen LogP contribution >= 0.6 is 12.6 Å². The Labute approximate surface area is 91.6 Å². The van der Waals surface area contributed by atoms with Gasteiger partial charge in [0.25, 0.3) is 0 Å². The van der Waals surface area contributed by atoms with Crippen LogP contribution in [0, 0.1) is 10.8 Å². The molecule has 0 aliphatic rings. The van der Waals surface area contributed by atoms with Crippen molar-refractivity contribution in [3.8, 4) is 0 Å². The van der Waals surface area contributed by atoms with Crippen LogP contribution in [0.4, 0.5) is 0 Å². The highest BCUT2D eigenvalue weighted by Crippen LogP contribution is 2.10. The minimum Gasteiger partial charge on any atom is -0.305 e. The summed E-state index contributed by atoms with van der Waals surface area (Å²) in [6.45, 7) is 3.33. The number of hydrogen-bond donors (Lipinski definition) is 3. The molecular formula is C9H21N3OS. The molecule has 2 unspecified atom stereocenters. The average Bonchev–Trinajstić information content (AvgIpc) is 2.19. The van der Waals surface area contributed by atoms with Gasteiger partial charge >= 0.3 is 0 Å². The molecule has 0 heterocycles. The van der Waals surface area contributed by atoms with Crippen LogP contribution in [-0.2, 0) is 0 Å². The second-order valence-corrected chi connectivity index (χ2v) is 3.75. The minimum atomic E-state index is 0.166. The van der Waals surface area contributed by atoms with E-state index in [1.165, 1.54) is 0 Å². The van der Waals surface area contributed by atoms with E-state index in [2.05, 4.69) is 35.4 Å². The van der Waals surface area contributed by atoms with Crippen molar-refractivity contribution >= 4 is 12.6 Å². The summed E-state index contributed by atoms with van der Waals surface area (Å²) in [5.41, 5.74) is 0. The predicted octanol–water partition coefficient (Wildman–Crippen LogP) is 1.23. The Morgan fingerprint density at radius 1 is 1.50 bits per heavy atom. The normalized spacial score (nSPS) is 15.1. The van der Waals surface area contributed by atoms with Gasteiger partial charge < -0.3 is 10.6 Å². The van der Waals surface area contributed by atoms with Crippen molar-refractivity contribution in [1.29, 1.82) is 0 Å². The molecule has 0 saturated carbocycles. The topological polar surface area (TPSA) is 53.5 Å². The van der Waals surface area contributed by atoms with Gasteiger partial charge in [0.05, 0.1) is 12.7 Å². The van der Waals surface area contributed by atoms with Crippen LogP contribution in [-0.4, -0.2) is 32.1 Å². The van der Waals surface area contributed by atoms with Crippen LogP contribution in [0.15, 0.2) is 5.18 Å². The molecule has 4 nitrogen and oxygen atoms in total. The molecule has 0 aromatic rings. The van der Waals surface area contributed by atoms with Gasteiger partial charge in [-0.3, -0.25) is 0 Å². The fourth-order valence-electron chi connectivity index (χ4n) is 1.55. The molecule has 0 aromatic heterocycles. The number of rotatable bonds is 9. The van der Waals surface area contributed by atoms with Crippen LogP contribution in [0.2, 0.25) is 0 Å². The molecule has 0 bridgehead atoms. The van der Waals surface area contributed by atoms with Gasteiger partial charge in [-0.05, 0) is 13.5 Å². The van der Waals surface area contributed by atoms with Crippen molar-refractivity contribution in [2.24, 2.45) is 11.1 Å². The molecule has 0 aliphatic carbocycles. The van der Waals surface area contributed by atoms with E-state index in [9.17, 15) is 4.91 Å². The van der Waals surface area contributed by atoms with Gasteiger partial charge in [-0.15, -0.1) is 0 Å². The first-order valence-electron chi connectivity index (χ1n) is 5.10. The fraction of sp³-hybridized carbons (Fsp3) is 1.00. The number of thiol groups is 1. The molecule has 0 aliphatic heterocycles. The fourth-order valence-corrected chi connectivity index (χ4v) is 1.68. The SMILES string of the molecule is CCCC(CN=O)C(NC)NCCS. The third kappa shape index (κ3) is 5.57. The van der Waals surface area contributed by atoms with E-state index in [1.807, 2.05) is 7.05 Å².